The van der Waals surface area contributed by atoms with Crippen LogP contribution in [0.2, 0.25) is 0 Å². The lowest BCUT2D eigenvalue weighted by Gasteiger charge is -2.06. The van der Waals surface area contributed by atoms with Crippen molar-refractivity contribution < 1.29 is 19.4 Å². The third-order valence-corrected chi connectivity index (χ3v) is 3.29. The smallest absolute Gasteiger partial charge is 0.307 e. The van der Waals surface area contributed by atoms with E-state index in [1.807, 2.05) is 24.3 Å². The molecule has 1 amide bonds. The SMILES string of the molecule is COc1cccc(CCNC(=O)[C@@H]2C[C@@H]2C(=O)O)c1. The van der Waals surface area contributed by atoms with Crippen LogP contribution in [0.4, 0.5) is 0 Å². The van der Waals surface area contributed by atoms with Crippen LogP contribution in [0.25, 0.3) is 0 Å². The molecule has 5 heteroatoms. The average molecular weight is 263 g/mol. The van der Waals surface area contributed by atoms with Gasteiger partial charge in [-0.2, -0.15) is 0 Å². The predicted octanol–water partition coefficient (Wildman–Crippen LogP) is 1.07. The Labute approximate surface area is 111 Å². The molecule has 1 fully saturated rings. The van der Waals surface area contributed by atoms with E-state index < -0.39 is 11.9 Å². The summed E-state index contributed by atoms with van der Waals surface area (Å²) in [5.74, 6) is -1.08. The Balaban J connectivity index is 1.74. The van der Waals surface area contributed by atoms with Crippen molar-refractivity contribution in [2.75, 3.05) is 13.7 Å². The second-order valence-electron chi connectivity index (χ2n) is 4.68. The van der Waals surface area contributed by atoms with E-state index in [2.05, 4.69) is 5.32 Å². The largest absolute Gasteiger partial charge is 0.497 e. The van der Waals surface area contributed by atoms with Gasteiger partial charge in [-0.25, -0.2) is 0 Å². The van der Waals surface area contributed by atoms with Crippen molar-refractivity contribution in [2.24, 2.45) is 11.8 Å². The van der Waals surface area contributed by atoms with Gasteiger partial charge in [-0.15, -0.1) is 0 Å². The Morgan fingerprint density at radius 1 is 1.42 bits per heavy atom. The number of carboxylic acid groups (broad SMARTS) is 1. The molecule has 0 aliphatic heterocycles. The van der Waals surface area contributed by atoms with E-state index in [1.165, 1.54) is 0 Å². The minimum atomic E-state index is -0.882. The van der Waals surface area contributed by atoms with Crippen molar-refractivity contribution in [3.05, 3.63) is 29.8 Å². The standard InChI is InChI=1S/C14H17NO4/c1-19-10-4-2-3-9(7-10)5-6-15-13(16)11-8-12(11)14(17)18/h2-4,7,11-12H,5-6,8H2,1H3,(H,15,16)(H,17,18)/t11-,12+/m1/s1. The molecule has 0 heterocycles. The van der Waals surface area contributed by atoms with Crippen molar-refractivity contribution in [3.8, 4) is 5.75 Å². The summed E-state index contributed by atoms with van der Waals surface area (Å²) in [5, 5.41) is 11.5. The summed E-state index contributed by atoms with van der Waals surface area (Å²) in [6.45, 7) is 0.509. The number of aliphatic carboxylic acids is 1. The first-order valence-corrected chi connectivity index (χ1v) is 6.25. The first-order valence-electron chi connectivity index (χ1n) is 6.25. The molecule has 2 rings (SSSR count). The maximum atomic E-state index is 11.6. The fourth-order valence-corrected chi connectivity index (χ4v) is 2.05. The van der Waals surface area contributed by atoms with Crippen LogP contribution in [-0.4, -0.2) is 30.6 Å². The van der Waals surface area contributed by atoms with Crippen LogP contribution in [0.15, 0.2) is 24.3 Å². The van der Waals surface area contributed by atoms with Crippen LogP contribution in [0.3, 0.4) is 0 Å². The summed E-state index contributed by atoms with van der Waals surface area (Å²) in [7, 11) is 1.61. The molecule has 0 radical (unpaired) electrons. The molecule has 2 N–H and O–H groups in total. The number of hydrogen-bond acceptors (Lipinski definition) is 3. The van der Waals surface area contributed by atoms with Gasteiger partial charge in [-0.1, -0.05) is 12.1 Å². The number of hydrogen-bond donors (Lipinski definition) is 2. The molecule has 2 atom stereocenters. The Kier molecular flexibility index (Phi) is 4.04. The summed E-state index contributed by atoms with van der Waals surface area (Å²) in [5.41, 5.74) is 1.07. The topological polar surface area (TPSA) is 75.6 Å². The Morgan fingerprint density at radius 3 is 2.84 bits per heavy atom. The molecule has 102 valence electrons. The highest BCUT2D eigenvalue weighted by atomic mass is 16.5. The van der Waals surface area contributed by atoms with E-state index in [-0.39, 0.29) is 11.8 Å². The second-order valence-corrected chi connectivity index (χ2v) is 4.68. The molecule has 1 aromatic carbocycles. The van der Waals surface area contributed by atoms with E-state index in [0.29, 0.717) is 19.4 Å². The summed E-state index contributed by atoms with van der Waals surface area (Å²) in [6.07, 6.45) is 1.16. The minimum absolute atomic E-state index is 0.157. The number of carbonyl (C=O) groups is 2. The van der Waals surface area contributed by atoms with E-state index in [0.717, 1.165) is 11.3 Å². The highest BCUT2D eigenvalue weighted by Gasteiger charge is 2.48. The van der Waals surface area contributed by atoms with Crippen molar-refractivity contribution >= 4 is 11.9 Å². The normalized spacial score (nSPS) is 20.7. The van der Waals surface area contributed by atoms with Crippen molar-refractivity contribution in [2.45, 2.75) is 12.8 Å². The van der Waals surface area contributed by atoms with Gasteiger partial charge in [-0.3, -0.25) is 9.59 Å². The lowest BCUT2D eigenvalue weighted by Crippen LogP contribution is -2.28. The number of carboxylic acids is 1. The Hall–Kier alpha value is -2.04. The third-order valence-electron chi connectivity index (χ3n) is 3.29. The maximum absolute atomic E-state index is 11.6. The molecule has 1 aliphatic rings. The van der Waals surface area contributed by atoms with E-state index in [9.17, 15) is 9.59 Å². The van der Waals surface area contributed by atoms with Gasteiger partial charge in [-0.05, 0) is 30.5 Å². The lowest BCUT2D eigenvalue weighted by atomic mass is 10.1. The molecular formula is C14H17NO4. The molecule has 1 saturated carbocycles. The quantitative estimate of drug-likeness (QED) is 0.805. The highest BCUT2D eigenvalue weighted by Crippen LogP contribution is 2.38. The fourth-order valence-electron chi connectivity index (χ4n) is 2.05. The number of rotatable bonds is 6. The first-order chi connectivity index (χ1) is 9.11. The molecule has 0 unspecified atom stereocenters. The number of ether oxygens (including phenoxy) is 1. The summed E-state index contributed by atoms with van der Waals surface area (Å²) >= 11 is 0. The van der Waals surface area contributed by atoms with Crippen LogP contribution < -0.4 is 10.1 Å². The first kappa shape index (κ1) is 13.4. The number of carbonyl (C=O) groups excluding carboxylic acids is 1. The van der Waals surface area contributed by atoms with Crippen molar-refractivity contribution in [3.63, 3.8) is 0 Å². The zero-order chi connectivity index (χ0) is 13.8. The zero-order valence-electron chi connectivity index (χ0n) is 10.8. The monoisotopic (exact) mass is 263 g/mol. The predicted molar refractivity (Wildman–Crippen MR) is 68.9 cm³/mol. The summed E-state index contributed by atoms with van der Waals surface area (Å²) < 4.78 is 5.12. The van der Waals surface area contributed by atoms with Gasteiger partial charge in [0.15, 0.2) is 0 Å². The molecule has 0 bridgehead atoms. The molecule has 0 saturated heterocycles. The molecule has 1 aliphatic carbocycles. The van der Waals surface area contributed by atoms with Gasteiger partial charge in [0.05, 0.1) is 18.9 Å². The molecule has 1 aromatic rings. The van der Waals surface area contributed by atoms with Gasteiger partial charge in [0, 0.05) is 6.54 Å². The average Bonchev–Trinajstić information content (AvgIpc) is 3.19. The second kappa shape index (κ2) is 5.73. The molecule has 0 spiro atoms. The molecule has 5 nitrogen and oxygen atoms in total. The van der Waals surface area contributed by atoms with Gasteiger partial charge < -0.3 is 15.2 Å². The van der Waals surface area contributed by atoms with Crippen molar-refractivity contribution in [1.29, 1.82) is 0 Å². The van der Waals surface area contributed by atoms with Crippen LogP contribution >= 0.6 is 0 Å². The molecular weight excluding hydrogens is 246 g/mol. The number of methoxy groups -OCH3 is 1. The van der Waals surface area contributed by atoms with Gasteiger partial charge in [0.25, 0.3) is 0 Å². The van der Waals surface area contributed by atoms with Crippen LogP contribution in [0, 0.1) is 11.8 Å². The molecule has 0 aromatic heterocycles. The summed E-state index contributed by atoms with van der Waals surface area (Å²) in [6, 6.07) is 7.65. The van der Waals surface area contributed by atoms with E-state index in [4.69, 9.17) is 9.84 Å². The zero-order valence-corrected chi connectivity index (χ0v) is 10.8. The van der Waals surface area contributed by atoms with Crippen LogP contribution in [0.5, 0.6) is 5.75 Å². The van der Waals surface area contributed by atoms with E-state index in [1.54, 1.807) is 7.11 Å². The van der Waals surface area contributed by atoms with Gasteiger partial charge in [0.1, 0.15) is 5.75 Å². The Morgan fingerprint density at radius 2 is 2.21 bits per heavy atom. The minimum Gasteiger partial charge on any atom is -0.497 e. The fraction of sp³-hybridized carbons (Fsp3) is 0.429. The van der Waals surface area contributed by atoms with Gasteiger partial charge in [0.2, 0.25) is 5.91 Å². The summed E-state index contributed by atoms with van der Waals surface area (Å²) in [4.78, 5) is 22.3. The molecule has 19 heavy (non-hydrogen) atoms. The van der Waals surface area contributed by atoms with Crippen LogP contribution in [0.1, 0.15) is 12.0 Å². The van der Waals surface area contributed by atoms with Crippen molar-refractivity contribution in [1.82, 2.24) is 5.32 Å². The third kappa shape index (κ3) is 3.47. The van der Waals surface area contributed by atoms with Crippen LogP contribution in [-0.2, 0) is 16.0 Å². The Bertz CT molecular complexity index is 486. The van der Waals surface area contributed by atoms with Gasteiger partial charge >= 0.3 is 5.97 Å². The number of benzene rings is 1. The number of amides is 1. The number of nitrogens with one attached hydrogen (secondary N) is 1. The maximum Gasteiger partial charge on any atom is 0.307 e. The lowest BCUT2D eigenvalue weighted by molar-refractivity contribution is -0.140. The van der Waals surface area contributed by atoms with E-state index >= 15 is 0 Å². The highest BCUT2D eigenvalue weighted by molar-refractivity contribution is 5.89.